The standard InChI is InChI=1S/C37H41FN2O5/c1-24(2)34-33(36(42)39-28-14-10-7-11-15-28)32(25-12-8-6-9-13-25)35(26-16-18-27(38)19-17-26)40(34)21-20-29-22-30(23-31(41)43-5)45-37(3,4)44-29/h6-19,24,29-30H,20-23H2,1-5H3,(H,39,42). The second-order valence-corrected chi connectivity index (χ2v) is 12.2. The van der Waals surface area contributed by atoms with E-state index in [0.29, 0.717) is 30.6 Å². The van der Waals surface area contributed by atoms with Gasteiger partial charge in [0.1, 0.15) is 5.82 Å². The van der Waals surface area contributed by atoms with Crippen LogP contribution < -0.4 is 5.32 Å². The summed E-state index contributed by atoms with van der Waals surface area (Å²) >= 11 is 0. The fourth-order valence-electron chi connectivity index (χ4n) is 6.27. The molecule has 8 heteroatoms. The third-order valence-electron chi connectivity index (χ3n) is 8.01. The van der Waals surface area contributed by atoms with Crippen LogP contribution in [0.2, 0.25) is 0 Å². The first-order chi connectivity index (χ1) is 21.6. The van der Waals surface area contributed by atoms with Crippen molar-refractivity contribution in [2.75, 3.05) is 12.4 Å². The molecule has 7 nitrogen and oxygen atoms in total. The van der Waals surface area contributed by atoms with E-state index in [1.807, 2.05) is 74.5 Å². The molecule has 2 heterocycles. The quantitative estimate of drug-likeness (QED) is 0.183. The molecule has 4 aromatic rings. The zero-order chi connectivity index (χ0) is 32.1. The number of aromatic nitrogens is 1. The Kier molecular flexibility index (Phi) is 9.85. The number of hydrogen-bond acceptors (Lipinski definition) is 5. The highest BCUT2D eigenvalue weighted by Crippen LogP contribution is 2.43. The van der Waals surface area contributed by atoms with Crippen molar-refractivity contribution in [3.63, 3.8) is 0 Å². The third-order valence-corrected chi connectivity index (χ3v) is 8.01. The molecule has 1 saturated heterocycles. The van der Waals surface area contributed by atoms with Gasteiger partial charge in [-0.3, -0.25) is 9.59 Å². The largest absolute Gasteiger partial charge is 0.469 e. The van der Waals surface area contributed by atoms with Crippen LogP contribution in [0.4, 0.5) is 10.1 Å². The molecule has 1 aliphatic rings. The summed E-state index contributed by atoms with van der Waals surface area (Å²) in [4.78, 5) is 26.4. The minimum Gasteiger partial charge on any atom is -0.469 e. The summed E-state index contributed by atoms with van der Waals surface area (Å²) in [7, 11) is 1.37. The van der Waals surface area contributed by atoms with E-state index in [1.165, 1.54) is 19.2 Å². The molecule has 1 aliphatic heterocycles. The van der Waals surface area contributed by atoms with E-state index >= 15 is 0 Å². The van der Waals surface area contributed by atoms with Crippen LogP contribution in [-0.4, -0.2) is 41.5 Å². The van der Waals surface area contributed by atoms with Crippen molar-refractivity contribution in [3.8, 4) is 22.4 Å². The first-order valence-electron chi connectivity index (χ1n) is 15.4. The lowest BCUT2D eigenvalue weighted by Crippen LogP contribution is -2.45. The van der Waals surface area contributed by atoms with Gasteiger partial charge in [-0.15, -0.1) is 0 Å². The summed E-state index contributed by atoms with van der Waals surface area (Å²) in [6, 6.07) is 25.7. The minimum absolute atomic E-state index is 0.0303. The van der Waals surface area contributed by atoms with E-state index in [2.05, 4.69) is 23.7 Å². The van der Waals surface area contributed by atoms with Gasteiger partial charge < -0.3 is 24.1 Å². The normalized spacial score (nSPS) is 17.7. The number of hydrogen-bond donors (Lipinski definition) is 1. The second-order valence-electron chi connectivity index (χ2n) is 12.2. The lowest BCUT2D eigenvalue weighted by Gasteiger charge is -2.40. The molecule has 0 bridgehead atoms. The monoisotopic (exact) mass is 612 g/mol. The van der Waals surface area contributed by atoms with Crippen LogP contribution in [0, 0.1) is 5.82 Å². The van der Waals surface area contributed by atoms with Crippen LogP contribution in [0.1, 0.15) is 68.9 Å². The van der Waals surface area contributed by atoms with Gasteiger partial charge in [-0.2, -0.15) is 0 Å². The fraction of sp³-hybridized carbons (Fsp3) is 0.351. The highest BCUT2D eigenvalue weighted by atomic mass is 19.1. The van der Waals surface area contributed by atoms with Crippen LogP contribution in [0.3, 0.4) is 0 Å². The number of nitrogens with zero attached hydrogens (tertiary/aromatic N) is 1. The smallest absolute Gasteiger partial charge is 0.308 e. The van der Waals surface area contributed by atoms with Crippen molar-refractivity contribution in [2.24, 2.45) is 0 Å². The van der Waals surface area contributed by atoms with E-state index in [-0.39, 0.29) is 42.2 Å². The summed E-state index contributed by atoms with van der Waals surface area (Å²) in [6.07, 6.45) is 0.706. The Morgan fingerprint density at radius 2 is 1.56 bits per heavy atom. The minimum atomic E-state index is -0.880. The molecule has 2 unspecified atom stereocenters. The number of anilines is 1. The molecule has 45 heavy (non-hydrogen) atoms. The summed E-state index contributed by atoms with van der Waals surface area (Å²) in [5.74, 6) is -1.79. The van der Waals surface area contributed by atoms with Crippen LogP contribution in [-0.2, 0) is 25.5 Å². The average Bonchev–Trinajstić information content (AvgIpc) is 3.36. The first-order valence-corrected chi connectivity index (χ1v) is 15.4. The van der Waals surface area contributed by atoms with Crippen molar-refractivity contribution in [1.29, 1.82) is 0 Å². The predicted molar refractivity (Wildman–Crippen MR) is 173 cm³/mol. The average molecular weight is 613 g/mol. The summed E-state index contributed by atoms with van der Waals surface area (Å²) < 4.78 is 33.7. The molecule has 1 amide bonds. The number of rotatable bonds is 10. The molecule has 0 radical (unpaired) electrons. The maximum Gasteiger partial charge on any atom is 0.308 e. The Balaban J connectivity index is 1.64. The van der Waals surface area contributed by atoms with Gasteiger partial charge in [-0.05, 0) is 73.7 Å². The molecule has 236 valence electrons. The van der Waals surface area contributed by atoms with Gasteiger partial charge in [-0.25, -0.2) is 4.39 Å². The number of para-hydroxylation sites is 1. The van der Waals surface area contributed by atoms with E-state index < -0.39 is 5.79 Å². The number of methoxy groups -OCH3 is 1. The van der Waals surface area contributed by atoms with Crippen molar-refractivity contribution < 1.29 is 28.2 Å². The van der Waals surface area contributed by atoms with Gasteiger partial charge in [0, 0.05) is 29.9 Å². The lowest BCUT2D eigenvalue weighted by atomic mass is 9.94. The van der Waals surface area contributed by atoms with Crippen molar-refractivity contribution in [1.82, 2.24) is 4.57 Å². The van der Waals surface area contributed by atoms with E-state index in [9.17, 15) is 14.0 Å². The number of carbonyl (C=O) groups is 2. The highest BCUT2D eigenvalue weighted by molar-refractivity contribution is 6.12. The zero-order valence-electron chi connectivity index (χ0n) is 26.5. The van der Waals surface area contributed by atoms with Crippen LogP contribution in [0.25, 0.3) is 22.4 Å². The first kappa shape index (κ1) is 32.1. The SMILES string of the molecule is COC(=O)CC1CC(CCn2c(-c3ccc(F)cc3)c(-c3ccccc3)c(C(=O)Nc3ccccc3)c2C(C)C)OC(C)(C)O1. The van der Waals surface area contributed by atoms with Gasteiger partial charge in [0.15, 0.2) is 5.79 Å². The lowest BCUT2D eigenvalue weighted by molar-refractivity contribution is -0.300. The van der Waals surface area contributed by atoms with Gasteiger partial charge in [-0.1, -0.05) is 62.4 Å². The molecule has 3 aromatic carbocycles. The van der Waals surface area contributed by atoms with Crippen molar-refractivity contribution in [3.05, 3.63) is 102 Å². The Bertz CT molecular complexity index is 1610. The number of benzene rings is 3. The van der Waals surface area contributed by atoms with Crippen molar-refractivity contribution in [2.45, 2.75) is 77.4 Å². The number of carbonyl (C=O) groups excluding carboxylic acids is 2. The third kappa shape index (κ3) is 7.52. The van der Waals surface area contributed by atoms with Gasteiger partial charge >= 0.3 is 5.97 Å². The fourth-order valence-corrected chi connectivity index (χ4v) is 6.27. The van der Waals surface area contributed by atoms with Crippen molar-refractivity contribution >= 4 is 17.6 Å². The van der Waals surface area contributed by atoms with E-state index in [4.69, 9.17) is 14.2 Å². The number of nitrogens with one attached hydrogen (secondary N) is 1. The Morgan fingerprint density at radius 1 is 0.933 bits per heavy atom. The van der Waals surface area contributed by atoms with E-state index in [1.54, 1.807) is 12.1 Å². The predicted octanol–water partition coefficient (Wildman–Crippen LogP) is 8.20. The molecule has 2 atom stereocenters. The van der Waals surface area contributed by atoms with Gasteiger partial charge in [0.25, 0.3) is 5.91 Å². The van der Waals surface area contributed by atoms with Crippen LogP contribution in [0.5, 0.6) is 0 Å². The Hall–Kier alpha value is -4.27. The topological polar surface area (TPSA) is 78.8 Å². The molecular weight excluding hydrogens is 571 g/mol. The number of esters is 1. The Labute approximate surface area is 264 Å². The highest BCUT2D eigenvalue weighted by Gasteiger charge is 2.37. The molecule has 1 fully saturated rings. The zero-order valence-corrected chi connectivity index (χ0v) is 26.5. The molecule has 1 aromatic heterocycles. The van der Waals surface area contributed by atoms with Crippen LogP contribution >= 0.6 is 0 Å². The number of amides is 1. The molecule has 0 saturated carbocycles. The van der Waals surface area contributed by atoms with Gasteiger partial charge in [0.2, 0.25) is 0 Å². The molecular formula is C37H41FN2O5. The molecule has 0 spiro atoms. The summed E-state index contributed by atoms with van der Waals surface area (Å²) in [5.41, 5.74) is 5.46. The summed E-state index contributed by atoms with van der Waals surface area (Å²) in [5, 5.41) is 3.11. The van der Waals surface area contributed by atoms with E-state index in [0.717, 1.165) is 28.1 Å². The van der Waals surface area contributed by atoms with Gasteiger partial charge in [0.05, 0.1) is 37.0 Å². The van der Waals surface area contributed by atoms with Crippen LogP contribution in [0.15, 0.2) is 84.9 Å². The molecule has 5 rings (SSSR count). The number of halogens is 1. The second kappa shape index (κ2) is 13.8. The maximum atomic E-state index is 14.3. The molecule has 0 aliphatic carbocycles. The maximum absolute atomic E-state index is 14.3. The summed E-state index contributed by atoms with van der Waals surface area (Å²) in [6.45, 7) is 8.37. The Morgan fingerprint density at radius 3 is 2.18 bits per heavy atom. The molecule has 1 N–H and O–H groups in total. The number of ether oxygens (including phenoxy) is 3.